The lowest BCUT2D eigenvalue weighted by Gasteiger charge is -2.05. The topological polar surface area (TPSA) is 93.1 Å². The number of carbonyl (C=O) groups is 2. The molecule has 0 saturated heterocycles. The van der Waals surface area contributed by atoms with E-state index in [1.165, 1.54) is 7.11 Å². The fraction of sp³-hybridized carbons (Fsp3) is 0.400. The highest BCUT2D eigenvalue weighted by molar-refractivity contribution is 5.81. The second kappa shape index (κ2) is 11.4. The summed E-state index contributed by atoms with van der Waals surface area (Å²) in [6.45, 7) is 5.70. The minimum atomic E-state index is -0.996. The molecule has 1 unspecified atom stereocenters. The van der Waals surface area contributed by atoms with Crippen LogP contribution >= 0.6 is 0 Å². The summed E-state index contributed by atoms with van der Waals surface area (Å²) < 4.78 is 8.52. The lowest BCUT2D eigenvalue weighted by Crippen LogP contribution is -2.21. The number of aliphatic hydroxyl groups excluding tert-OH is 2. The number of carbonyl (C=O) groups excluding carboxylic acids is 2. The molecule has 0 radical (unpaired) electrons. The highest BCUT2D eigenvalue weighted by Crippen LogP contribution is 1.84. The molecule has 6 heteroatoms. The van der Waals surface area contributed by atoms with Gasteiger partial charge < -0.3 is 19.7 Å². The van der Waals surface area contributed by atoms with Crippen LogP contribution in [0.25, 0.3) is 0 Å². The molecule has 0 saturated carbocycles. The van der Waals surface area contributed by atoms with Gasteiger partial charge in [-0.2, -0.15) is 0 Å². The molecule has 0 aromatic heterocycles. The third-order valence-corrected chi connectivity index (χ3v) is 1.16. The van der Waals surface area contributed by atoms with E-state index < -0.39 is 24.6 Å². The Hall–Kier alpha value is -1.66. The Labute approximate surface area is 93.8 Å². The molecule has 0 spiro atoms. The van der Waals surface area contributed by atoms with Gasteiger partial charge in [0.2, 0.25) is 0 Å². The van der Waals surface area contributed by atoms with Crippen molar-refractivity contribution in [3.63, 3.8) is 0 Å². The Bertz CT molecular complexity index is 235. The zero-order valence-electron chi connectivity index (χ0n) is 9.09. The maximum Gasteiger partial charge on any atom is 0.330 e. The first kappa shape index (κ1) is 16.8. The van der Waals surface area contributed by atoms with Crippen LogP contribution in [0.1, 0.15) is 0 Å². The summed E-state index contributed by atoms with van der Waals surface area (Å²) in [6, 6.07) is 0. The Kier molecular flexibility index (Phi) is 12.0. The third-order valence-electron chi connectivity index (χ3n) is 1.16. The van der Waals surface area contributed by atoms with Gasteiger partial charge in [0.1, 0.15) is 12.7 Å². The van der Waals surface area contributed by atoms with Crippen LogP contribution in [0.4, 0.5) is 0 Å². The number of rotatable bonds is 5. The van der Waals surface area contributed by atoms with Gasteiger partial charge >= 0.3 is 11.9 Å². The van der Waals surface area contributed by atoms with Gasteiger partial charge in [0.05, 0.1) is 13.7 Å². The van der Waals surface area contributed by atoms with Gasteiger partial charge in [-0.15, -0.1) is 0 Å². The summed E-state index contributed by atoms with van der Waals surface area (Å²) in [5, 5.41) is 16.9. The molecule has 6 nitrogen and oxygen atoms in total. The summed E-state index contributed by atoms with van der Waals surface area (Å²) in [7, 11) is 1.31. The lowest BCUT2D eigenvalue weighted by molar-refractivity contribution is -0.141. The molecular weight excluding hydrogens is 216 g/mol. The molecule has 92 valence electrons. The first-order chi connectivity index (χ1) is 7.51. The van der Waals surface area contributed by atoms with Crippen molar-refractivity contribution in [2.75, 3.05) is 20.3 Å². The van der Waals surface area contributed by atoms with Crippen LogP contribution in [-0.2, 0) is 19.1 Å². The predicted octanol–water partition coefficient (Wildman–Crippen LogP) is -0.586. The monoisotopic (exact) mass is 232 g/mol. The van der Waals surface area contributed by atoms with Crippen molar-refractivity contribution >= 4 is 11.9 Å². The quantitative estimate of drug-likeness (QED) is 0.486. The van der Waals surface area contributed by atoms with Crippen LogP contribution in [-0.4, -0.2) is 48.6 Å². The van der Waals surface area contributed by atoms with Crippen molar-refractivity contribution < 1.29 is 29.3 Å². The summed E-state index contributed by atoms with van der Waals surface area (Å²) in [5.74, 6) is -0.998. The van der Waals surface area contributed by atoms with E-state index in [0.717, 1.165) is 12.2 Å². The second-order valence-electron chi connectivity index (χ2n) is 2.40. The minimum Gasteiger partial charge on any atom is -0.466 e. The Morgan fingerprint density at radius 1 is 1.31 bits per heavy atom. The first-order valence-corrected chi connectivity index (χ1v) is 4.30. The van der Waals surface area contributed by atoms with E-state index in [-0.39, 0.29) is 6.61 Å². The molecule has 0 bridgehead atoms. The van der Waals surface area contributed by atoms with E-state index in [1.807, 2.05) is 0 Å². The zero-order valence-corrected chi connectivity index (χ0v) is 9.09. The van der Waals surface area contributed by atoms with Crippen LogP contribution < -0.4 is 0 Å². The number of ether oxygens (including phenoxy) is 2. The van der Waals surface area contributed by atoms with Gasteiger partial charge in [-0.3, -0.25) is 0 Å². The largest absolute Gasteiger partial charge is 0.466 e. The molecule has 0 aliphatic heterocycles. The maximum absolute atomic E-state index is 10.3. The van der Waals surface area contributed by atoms with Crippen molar-refractivity contribution in [3.8, 4) is 0 Å². The van der Waals surface area contributed by atoms with Crippen molar-refractivity contribution in [1.29, 1.82) is 0 Å². The van der Waals surface area contributed by atoms with E-state index >= 15 is 0 Å². The number of methoxy groups -OCH3 is 1. The molecular formula is C10H16O6. The predicted molar refractivity (Wildman–Crippen MR) is 56.5 cm³/mol. The standard InChI is InChI=1S/C6H10O4.C4H6O2/c1-2-6(9)10-4-5(8)3-7;1-3-4(5)6-2/h2,5,7-8H,1,3-4H2;3H,1H2,2H3. The number of hydrogen-bond donors (Lipinski definition) is 2. The van der Waals surface area contributed by atoms with Crippen LogP contribution in [0.15, 0.2) is 25.3 Å². The van der Waals surface area contributed by atoms with Crippen LogP contribution in [0.2, 0.25) is 0 Å². The molecule has 0 fully saturated rings. The summed E-state index contributed by atoms with van der Waals surface area (Å²) >= 11 is 0. The van der Waals surface area contributed by atoms with Crippen LogP contribution in [0.5, 0.6) is 0 Å². The first-order valence-electron chi connectivity index (χ1n) is 4.30. The summed E-state index contributed by atoms with van der Waals surface area (Å²) in [6.07, 6.45) is 1.10. The highest BCUT2D eigenvalue weighted by atomic mass is 16.5. The van der Waals surface area contributed by atoms with Crippen molar-refractivity contribution in [2.45, 2.75) is 6.10 Å². The highest BCUT2D eigenvalue weighted by Gasteiger charge is 2.03. The fourth-order valence-corrected chi connectivity index (χ4v) is 0.373. The van der Waals surface area contributed by atoms with E-state index in [9.17, 15) is 9.59 Å². The van der Waals surface area contributed by atoms with Gasteiger partial charge in [-0.1, -0.05) is 13.2 Å². The second-order valence-corrected chi connectivity index (χ2v) is 2.40. The average molecular weight is 232 g/mol. The van der Waals surface area contributed by atoms with E-state index in [0.29, 0.717) is 0 Å². The molecule has 2 N–H and O–H groups in total. The van der Waals surface area contributed by atoms with Gasteiger partial charge in [0.25, 0.3) is 0 Å². The SMILES string of the molecule is C=CC(=O)OC.C=CC(=O)OCC(O)CO. The van der Waals surface area contributed by atoms with E-state index in [2.05, 4.69) is 22.6 Å². The zero-order chi connectivity index (χ0) is 13.0. The third kappa shape index (κ3) is 12.3. The molecule has 1 atom stereocenters. The molecule has 0 aliphatic carbocycles. The normalized spacial score (nSPS) is 10.2. The van der Waals surface area contributed by atoms with Gasteiger partial charge in [0.15, 0.2) is 0 Å². The molecule has 16 heavy (non-hydrogen) atoms. The molecule has 0 rings (SSSR count). The number of esters is 2. The summed E-state index contributed by atoms with van der Waals surface area (Å²) in [5.41, 5.74) is 0. The molecule has 0 amide bonds. The molecule has 0 heterocycles. The van der Waals surface area contributed by atoms with Gasteiger partial charge in [0, 0.05) is 12.2 Å². The number of hydrogen-bond acceptors (Lipinski definition) is 6. The Morgan fingerprint density at radius 2 is 1.81 bits per heavy atom. The van der Waals surface area contributed by atoms with E-state index in [1.54, 1.807) is 0 Å². The van der Waals surface area contributed by atoms with E-state index in [4.69, 9.17) is 10.2 Å². The average Bonchev–Trinajstić information content (AvgIpc) is 2.34. The van der Waals surface area contributed by atoms with Crippen molar-refractivity contribution in [1.82, 2.24) is 0 Å². The minimum absolute atomic E-state index is 0.193. The lowest BCUT2D eigenvalue weighted by atomic mass is 10.4. The molecule has 0 aromatic carbocycles. The molecule has 0 aromatic rings. The van der Waals surface area contributed by atoms with Crippen molar-refractivity contribution in [3.05, 3.63) is 25.3 Å². The number of aliphatic hydroxyl groups is 2. The van der Waals surface area contributed by atoms with Crippen molar-refractivity contribution in [2.24, 2.45) is 0 Å². The molecule has 0 aliphatic rings. The fourth-order valence-electron chi connectivity index (χ4n) is 0.373. The van der Waals surface area contributed by atoms with Gasteiger partial charge in [-0.05, 0) is 0 Å². The summed E-state index contributed by atoms with van der Waals surface area (Å²) in [4.78, 5) is 20.1. The van der Waals surface area contributed by atoms with Crippen LogP contribution in [0.3, 0.4) is 0 Å². The van der Waals surface area contributed by atoms with Crippen LogP contribution in [0, 0.1) is 0 Å². The maximum atomic E-state index is 10.3. The van der Waals surface area contributed by atoms with Gasteiger partial charge in [-0.25, -0.2) is 9.59 Å². The Morgan fingerprint density at radius 3 is 2.06 bits per heavy atom. The Balaban J connectivity index is 0. The smallest absolute Gasteiger partial charge is 0.330 e.